The summed E-state index contributed by atoms with van der Waals surface area (Å²) < 4.78 is 16.1. The van der Waals surface area contributed by atoms with Gasteiger partial charge in [0.05, 0.1) is 13.2 Å². The molecule has 0 atom stereocenters. The summed E-state index contributed by atoms with van der Waals surface area (Å²) in [7, 11) is 0. The van der Waals surface area contributed by atoms with E-state index in [1.807, 2.05) is 13.8 Å². The summed E-state index contributed by atoms with van der Waals surface area (Å²) in [6, 6.07) is 1.75. The van der Waals surface area contributed by atoms with E-state index in [-0.39, 0.29) is 12.1 Å². The van der Waals surface area contributed by atoms with Crippen LogP contribution in [0.2, 0.25) is 0 Å². The van der Waals surface area contributed by atoms with Crippen LogP contribution in [0, 0.1) is 6.92 Å². The molecule has 1 aromatic heterocycles. The van der Waals surface area contributed by atoms with Crippen molar-refractivity contribution in [2.75, 3.05) is 13.2 Å². The van der Waals surface area contributed by atoms with Crippen LogP contribution < -0.4 is 0 Å². The largest absolute Gasteiger partial charge is 0.456 e. The van der Waals surface area contributed by atoms with Gasteiger partial charge in [0.15, 0.2) is 0 Å². The molecule has 4 nitrogen and oxygen atoms in total. The van der Waals surface area contributed by atoms with Crippen molar-refractivity contribution in [2.24, 2.45) is 0 Å². The Kier molecular flexibility index (Phi) is 3.84. The number of hydrogen-bond donors (Lipinski definition) is 0. The first-order valence-corrected chi connectivity index (χ1v) is 6.08. The molecule has 0 aromatic carbocycles. The minimum absolute atomic E-state index is 0.0354. The SMILES string of the molecule is CCc1oc(C(=O)OC2CCOCC2)cc1C. The second-order valence-corrected chi connectivity index (χ2v) is 4.29. The summed E-state index contributed by atoms with van der Waals surface area (Å²) >= 11 is 0. The molecular weight excluding hydrogens is 220 g/mol. The van der Waals surface area contributed by atoms with Gasteiger partial charge in [-0.05, 0) is 18.6 Å². The van der Waals surface area contributed by atoms with Gasteiger partial charge in [0, 0.05) is 19.3 Å². The summed E-state index contributed by atoms with van der Waals surface area (Å²) in [6.45, 7) is 5.26. The van der Waals surface area contributed by atoms with E-state index in [2.05, 4.69) is 0 Å². The topological polar surface area (TPSA) is 48.7 Å². The van der Waals surface area contributed by atoms with Gasteiger partial charge in [-0.1, -0.05) is 6.92 Å². The predicted molar refractivity (Wildman–Crippen MR) is 62.1 cm³/mol. The second-order valence-electron chi connectivity index (χ2n) is 4.29. The molecule has 0 amide bonds. The van der Waals surface area contributed by atoms with Gasteiger partial charge in [-0.15, -0.1) is 0 Å². The zero-order valence-electron chi connectivity index (χ0n) is 10.3. The summed E-state index contributed by atoms with van der Waals surface area (Å²) in [5.41, 5.74) is 1.01. The summed E-state index contributed by atoms with van der Waals surface area (Å²) in [6.07, 6.45) is 2.29. The number of aryl methyl sites for hydroxylation is 2. The molecule has 0 radical (unpaired) electrons. The molecule has 17 heavy (non-hydrogen) atoms. The molecule has 0 spiro atoms. The minimum atomic E-state index is -0.361. The number of rotatable bonds is 3. The van der Waals surface area contributed by atoms with Crippen molar-refractivity contribution in [1.82, 2.24) is 0 Å². The van der Waals surface area contributed by atoms with E-state index in [0.29, 0.717) is 19.0 Å². The lowest BCUT2D eigenvalue weighted by atomic mass is 10.1. The number of furan rings is 1. The van der Waals surface area contributed by atoms with Crippen LogP contribution in [0.15, 0.2) is 10.5 Å². The average Bonchev–Trinajstić information content (AvgIpc) is 2.72. The van der Waals surface area contributed by atoms with Crippen LogP contribution in [0.5, 0.6) is 0 Å². The fourth-order valence-corrected chi connectivity index (χ4v) is 1.97. The van der Waals surface area contributed by atoms with Gasteiger partial charge < -0.3 is 13.9 Å². The lowest BCUT2D eigenvalue weighted by Crippen LogP contribution is -2.25. The Morgan fingerprint density at radius 1 is 1.47 bits per heavy atom. The molecule has 0 N–H and O–H groups in total. The Bertz CT molecular complexity index is 388. The van der Waals surface area contributed by atoms with Crippen molar-refractivity contribution in [1.29, 1.82) is 0 Å². The molecule has 1 saturated heterocycles. The minimum Gasteiger partial charge on any atom is -0.456 e. The van der Waals surface area contributed by atoms with Crippen LogP contribution in [0.25, 0.3) is 0 Å². The van der Waals surface area contributed by atoms with Gasteiger partial charge in [-0.2, -0.15) is 0 Å². The van der Waals surface area contributed by atoms with Crippen LogP contribution >= 0.6 is 0 Å². The van der Waals surface area contributed by atoms with Crippen LogP contribution in [0.1, 0.15) is 41.6 Å². The Morgan fingerprint density at radius 2 is 2.18 bits per heavy atom. The molecule has 0 saturated carbocycles. The van der Waals surface area contributed by atoms with Gasteiger partial charge in [0.1, 0.15) is 11.9 Å². The molecule has 1 aliphatic heterocycles. The van der Waals surface area contributed by atoms with E-state index in [0.717, 1.165) is 30.6 Å². The van der Waals surface area contributed by atoms with Crippen LogP contribution in [0.4, 0.5) is 0 Å². The number of esters is 1. The first-order valence-electron chi connectivity index (χ1n) is 6.08. The number of hydrogen-bond acceptors (Lipinski definition) is 4. The smallest absolute Gasteiger partial charge is 0.374 e. The fraction of sp³-hybridized carbons (Fsp3) is 0.615. The molecular formula is C13H18O4. The monoisotopic (exact) mass is 238 g/mol. The van der Waals surface area contributed by atoms with Gasteiger partial charge in [-0.3, -0.25) is 0 Å². The highest BCUT2D eigenvalue weighted by Gasteiger charge is 2.21. The number of carbonyl (C=O) groups is 1. The zero-order valence-corrected chi connectivity index (χ0v) is 10.3. The fourth-order valence-electron chi connectivity index (χ4n) is 1.97. The van der Waals surface area contributed by atoms with Crippen molar-refractivity contribution >= 4 is 5.97 Å². The van der Waals surface area contributed by atoms with E-state index in [4.69, 9.17) is 13.9 Å². The highest BCUT2D eigenvalue weighted by molar-refractivity contribution is 5.86. The maximum absolute atomic E-state index is 11.8. The average molecular weight is 238 g/mol. The summed E-state index contributed by atoms with van der Waals surface area (Å²) in [4.78, 5) is 11.8. The number of carbonyl (C=O) groups excluding carboxylic acids is 1. The summed E-state index contributed by atoms with van der Waals surface area (Å²) in [5.74, 6) is 0.800. The van der Waals surface area contributed by atoms with Gasteiger partial charge >= 0.3 is 5.97 Å². The standard InChI is InChI=1S/C13H18O4/c1-3-11-9(2)8-12(17-11)13(14)16-10-4-6-15-7-5-10/h8,10H,3-7H2,1-2H3. The first-order chi connectivity index (χ1) is 8.20. The molecule has 1 aliphatic rings. The lowest BCUT2D eigenvalue weighted by Gasteiger charge is -2.21. The van der Waals surface area contributed by atoms with Crippen molar-refractivity contribution in [3.8, 4) is 0 Å². The van der Waals surface area contributed by atoms with Crippen LogP contribution in [-0.2, 0) is 15.9 Å². The van der Waals surface area contributed by atoms with E-state index in [9.17, 15) is 4.79 Å². The normalized spacial score (nSPS) is 17.1. The molecule has 4 heteroatoms. The Morgan fingerprint density at radius 3 is 2.76 bits per heavy atom. The Hall–Kier alpha value is -1.29. The maximum Gasteiger partial charge on any atom is 0.374 e. The third-order valence-electron chi connectivity index (χ3n) is 2.98. The van der Waals surface area contributed by atoms with E-state index in [1.54, 1.807) is 6.07 Å². The third kappa shape index (κ3) is 2.88. The van der Waals surface area contributed by atoms with Crippen molar-refractivity contribution < 1.29 is 18.7 Å². The van der Waals surface area contributed by atoms with Crippen molar-refractivity contribution in [3.05, 3.63) is 23.2 Å². The van der Waals surface area contributed by atoms with E-state index in [1.165, 1.54) is 0 Å². The maximum atomic E-state index is 11.8. The molecule has 0 aliphatic carbocycles. The number of ether oxygens (including phenoxy) is 2. The highest BCUT2D eigenvalue weighted by atomic mass is 16.6. The van der Waals surface area contributed by atoms with Gasteiger partial charge in [0.25, 0.3) is 0 Å². The van der Waals surface area contributed by atoms with Gasteiger partial charge in [-0.25, -0.2) is 4.79 Å². The van der Waals surface area contributed by atoms with E-state index < -0.39 is 0 Å². The van der Waals surface area contributed by atoms with Crippen LogP contribution in [0.3, 0.4) is 0 Å². The molecule has 0 unspecified atom stereocenters. The van der Waals surface area contributed by atoms with E-state index >= 15 is 0 Å². The Balaban J connectivity index is 1.98. The van der Waals surface area contributed by atoms with Crippen molar-refractivity contribution in [2.45, 2.75) is 39.2 Å². The van der Waals surface area contributed by atoms with Crippen LogP contribution in [-0.4, -0.2) is 25.3 Å². The Labute approximate surface area is 101 Å². The lowest BCUT2D eigenvalue weighted by molar-refractivity contribution is -0.0180. The molecule has 2 heterocycles. The quantitative estimate of drug-likeness (QED) is 0.759. The zero-order chi connectivity index (χ0) is 12.3. The molecule has 1 aromatic rings. The first kappa shape index (κ1) is 12.2. The van der Waals surface area contributed by atoms with Crippen molar-refractivity contribution in [3.63, 3.8) is 0 Å². The molecule has 2 rings (SSSR count). The molecule has 1 fully saturated rings. The predicted octanol–water partition coefficient (Wildman–Crippen LogP) is 2.49. The molecule has 94 valence electrons. The molecule has 0 bridgehead atoms. The second kappa shape index (κ2) is 5.36. The van der Waals surface area contributed by atoms with Gasteiger partial charge in [0.2, 0.25) is 5.76 Å². The highest BCUT2D eigenvalue weighted by Crippen LogP contribution is 2.18. The summed E-state index contributed by atoms with van der Waals surface area (Å²) in [5, 5.41) is 0. The third-order valence-corrected chi connectivity index (χ3v) is 2.98.